The Morgan fingerprint density at radius 3 is 2.23 bits per heavy atom. The number of carboxylic acid groups (broad SMARTS) is 1. The van der Waals surface area contributed by atoms with Gasteiger partial charge in [-0.25, -0.2) is 13.6 Å². The number of carbonyl (C=O) groups excluding carboxylic acids is 1. The Hall–Kier alpha value is -1.93. The minimum absolute atomic E-state index is 0.0543. The average Bonchev–Trinajstić information content (AvgIpc) is 2.34. The van der Waals surface area contributed by atoms with Crippen molar-refractivity contribution in [3.05, 3.63) is 29.8 Å². The maximum absolute atomic E-state index is 11.9. The first-order chi connectivity index (χ1) is 10.2. The molecule has 0 spiro atoms. The molecule has 120 valence electrons. The van der Waals surface area contributed by atoms with Gasteiger partial charge in [-0.1, -0.05) is 18.6 Å². The van der Waals surface area contributed by atoms with E-state index in [1.54, 1.807) is 24.3 Å². The minimum atomic E-state index is -3.60. The van der Waals surface area contributed by atoms with Crippen LogP contribution in [0.2, 0.25) is 0 Å². The molecule has 22 heavy (non-hydrogen) atoms. The molecule has 8 heteroatoms. The zero-order chi connectivity index (χ0) is 16.4. The fourth-order valence-corrected chi connectivity index (χ4v) is 3.16. The van der Waals surface area contributed by atoms with Gasteiger partial charge in [0, 0.05) is 12.1 Å². The van der Waals surface area contributed by atoms with Gasteiger partial charge < -0.3 is 10.4 Å². The summed E-state index contributed by atoms with van der Waals surface area (Å²) in [6, 6.07) is 6.23. The summed E-state index contributed by atoms with van der Waals surface area (Å²) in [5.74, 6) is -1.57. The maximum atomic E-state index is 11.9. The Kier molecular flexibility index (Phi) is 4.52. The Bertz CT molecular complexity index is 678. The molecule has 2 rings (SSSR count). The summed E-state index contributed by atoms with van der Waals surface area (Å²) in [6.07, 6.45) is 1.80. The van der Waals surface area contributed by atoms with Crippen LogP contribution in [0.25, 0.3) is 0 Å². The van der Waals surface area contributed by atoms with E-state index in [-0.39, 0.29) is 18.1 Å². The number of nitrogens with two attached hydrogens (primary N) is 1. The van der Waals surface area contributed by atoms with E-state index in [9.17, 15) is 23.1 Å². The highest BCUT2D eigenvalue weighted by Crippen LogP contribution is 2.44. The average molecular weight is 326 g/mol. The van der Waals surface area contributed by atoms with Crippen molar-refractivity contribution in [2.24, 2.45) is 10.6 Å². The molecule has 1 fully saturated rings. The predicted octanol–water partition coefficient (Wildman–Crippen LogP) is 1.06. The summed E-state index contributed by atoms with van der Waals surface area (Å²) in [6.45, 7) is 0. The molecule has 0 unspecified atom stereocenters. The SMILES string of the molecule is NS(=O)(=O)Cc1ccc(NC(=O)CC2(C(=O)O)CCC2)cc1. The molecule has 1 amide bonds. The fraction of sp³-hybridized carbons (Fsp3) is 0.429. The molecular formula is C14H18N2O5S. The lowest BCUT2D eigenvalue weighted by molar-refractivity contribution is -0.157. The van der Waals surface area contributed by atoms with E-state index in [1.807, 2.05) is 0 Å². The van der Waals surface area contributed by atoms with Crippen LogP contribution in [0.1, 0.15) is 31.2 Å². The van der Waals surface area contributed by atoms with Crippen LogP contribution in [-0.2, 0) is 25.4 Å². The topological polar surface area (TPSA) is 127 Å². The second-order valence-electron chi connectivity index (χ2n) is 5.67. The number of anilines is 1. The van der Waals surface area contributed by atoms with Crippen molar-refractivity contribution in [2.45, 2.75) is 31.4 Å². The predicted molar refractivity (Wildman–Crippen MR) is 80.4 cm³/mol. The number of carboxylic acids is 1. The van der Waals surface area contributed by atoms with Gasteiger partial charge in [-0.05, 0) is 30.5 Å². The van der Waals surface area contributed by atoms with Crippen LogP contribution in [-0.4, -0.2) is 25.4 Å². The third kappa shape index (κ3) is 4.05. The number of hydrogen-bond acceptors (Lipinski definition) is 4. The summed E-state index contributed by atoms with van der Waals surface area (Å²) in [4.78, 5) is 23.2. The highest BCUT2D eigenvalue weighted by atomic mass is 32.2. The lowest BCUT2D eigenvalue weighted by atomic mass is 9.66. The molecule has 1 aromatic carbocycles. The van der Waals surface area contributed by atoms with Gasteiger partial charge in [-0.3, -0.25) is 9.59 Å². The molecule has 1 aliphatic carbocycles. The van der Waals surface area contributed by atoms with Crippen molar-refractivity contribution < 1.29 is 23.1 Å². The molecule has 0 radical (unpaired) electrons. The third-order valence-electron chi connectivity index (χ3n) is 3.87. The molecule has 1 saturated carbocycles. The van der Waals surface area contributed by atoms with Gasteiger partial charge in [-0.2, -0.15) is 0 Å². The maximum Gasteiger partial charge on any atom is 0.310 e. The number of aliphatic carboxylic acids is 1. The van der Waals surface area contributed by atoms with E-state index in [4.69, 9.17) is 5.14 Å². The van der Waals surface area contributed by atoms with Crippen molar-refractivity contribution in [2.75, 3.05) is 5.32 Å². The highest BCUT2D eigenvalue weighted by molar-refractivity contribution is 7.88. The van der Waals surface area contributed by atoms with Crippen molar-refractivity contribution in [3.63, 3.8) is 0 Å². The minimum Gasteiger partial charge on any atom is -0.481 e. The molecule has 0 heterocycles. The van der Waals surface area contributed by atoms with Crippen molar-refractivity contribution >= 4 is 27.6 Å². The quantitative estimate of drug-likeness (QED) is 0.720. The van der Waals surface area contributed by atoms with Crippen LogP contribution in [0, 0.1) is 5.41 Å². The number of carbonyl (C=O) groups is 2. The summed E-state index contributed by atoms with van der Waals surface area (Å²) < 4.78 is 22.0. The molecule has 0 bridgehead atoms. The van der Waals surface area contributed by atoms with Crippen LogP contribution in [0.3, 0.4) is 0 Å². The number of benzene rings is 1. The Balaban J connectivity index is 1.96. The summed E-state index contributed by atoms with van der Waals surface area (Å²) in [5.41, 5.74) is 0.0713. The van der Waals surface area contributed by atoms with E-state index in [0.717, 1.165) is 6.42 Å². The van der Waals surface area contributed by atoms with E-state index in [2.05, 4.69) is 5.32 Å². The number of hydrogen-bond donors (Lipinski definition) is 3. The van der Waals surface area contributed by atoms with Gasteiger partial charge in [-0.15, -0.1) is 0 Å². The zero-order valence-electron chi connectivity index (χ0n) is 11.9. The zero-order valence-corrected chi connectivity index (χ0v) is 12.7. The largest absolute Gasteiger partial charge is 0.481 e. The number of nitrogens with one attached hydrogen (secondary N) is 1. The van der Waals surface area contributed by atoms with Crippen molar-refractivity contribution in [1.82, 2.24) is 0 Å². The van der Waals surface area contributed by atoms with Gasteiger partial charge in [0.1, 0.15) is 0 Å². The van der Waals surface area contributed by atoms with E-state index in [1.165, 1.54) is 0 Å². The van der Waals surface area contributed by atoms with Gasteiger partial charge in [0.15, 0.2) is 0 Å². The molecule has 7 nitrogen and oxygen atoms in total. The molecule has 4 N–H and O–H groups in total. The molecule has 1 aromatic rings. The first-order valence-corrected chi connectivity index (χ1v) is 8.54. The molecule has 0 aromatic heterocycles. The molecular weight excluding hydrogens is 308 g/mol. The second kappa shape index (κ2) is 6.05. The highest BCUT2D eigenvalue weighted by Gasteiger charge is 2.45. The summed E-state index contributed by atoms with van der Waals surface area (Å²) >= 11 is 0. The summed E-state index contributed by atoms with van der Waals surface area (Å²) in [7, 11) is -3.60. The first-order valence-electron chi connectivity index (χ1n) is 6.83. The van der Waals surface area contributed by atoms with Crippen LogP contribution in [0.4, 0.5) is 5.69 Å². The van der Waals surface area contributed by atoms with Gasteiger partial charge in [0.05, 0.1) is 11.2 Å². The fourth-order valence-electron chi connectivity index (χ4n) is 2.50. The van der Waals surface area contributed by atoms with Crippen molar-refractivity contribution in [1.29, 1.82) is 0 Å². The Morgan fingerprint density at radius 1 is 1.23 bits per heavy atom. The van der Waals surface area contributed by atoms with Gasteiger partial charge >= 0.3 is 5.97 Å². The van der Waals surface area contributed by atoms with Crippen molar-refractivity contribution in [3.8, 4) is 0 Å². The first kappa shape index (κ1) is 16.4. The molecule has 1 aliphatic rings. The van der Waals surface area contributed by atoms with Crippen LogP contribution < -0.4 is 10.5 Å². The lowest BCUT2D eigenvalue weighted by Crippen LogP contribution is -2.41. The number of rotatable bonds is 6. The van der Waals surface area contributed by atoms with Gasteiger partial charge in [0.2, 0.25) is 15.9 Å². The number of primary sulfonamides is 1. The standard InChI is InChI=1S/C14H18N2O5S/c15-22(20,21)9-10-2-4-11(5-3-10)16-12(17)8-14(13(18)19)6-1-7-14/h2-5H,1,6-9H2,(H,16,17)(H,18,19)(H2,15,20,21). The van der Waals surface area contributed by atoms with Crippen LogP contribution >= 0.6 is 0 Å². The third-order valence-corrected chi connectivity index (χ3v) is 4.60. The number of sulfonamides is 1. The monoisotopic (exact) mass is 326 g/mol. The van der Waals surface area contributed by atoms with E-state index < -0.39 is 21.4 Å². The number of amides is 1. The van der Waals surface area contributed by atoms with E-state index >= 15 is 0 Å². The normalized spacial score (nSPS) is 16.6. The Labute approximate surface area is 128 Å². The molecule has 0 saturated heterocycles. The van der Waals surface area contributed by atoms with Crippen LogP contribution in [0.15, 0.2) is 24.3 Å². The molecule has 0 aliphatic heterocycles. The second-order valence-corrected chi connectivity index (χ2v) is 7.28. The summed E-state index contributed by atoms with van der Waals surface area (Å²) in [5, 5.41) is 16.8. The Morgan fingerprint density at radius 2 is 1.82 bits per heavy atom. The smallest absolute Gasteiger partial charge is 0.310 e. The van der Waals surface area contributed by atoms with E-state index in [0.29, 0.717) is 24.1 Å². The molecule has 0 atom stereocenters. The van der Waals surface area contributed by atoms with Crippen LogP contribution in [0.5, 0.6) is 0 Å². The lowest BCUT2D eigenvalue weighted by Gasteiger charge is -2.36. The van der Waals surface area contributed by atoms with Gasteiger partial charge in [0.25, 0.3) is 0 Å².